The second-order valence-electron chi connectivity index (χ2n) is 6.10. The summed E-state index contributed by atoms with van der Waals surface area (Å²) >= 11 is 1.51. The molecule has 2 heterocycles. The van der Waals surface area contributed by atoms with E-state index >= 15 is 0 Å². The monoisotopic (exact) mass is 356 g/mol. The van der Waals surface area contributed by atoms with Crippen molar-refractivity contribution in [1.82, 2.24) is 14.7 Å². The summed E-state index contributed by atoms with van der Waals surface area (Å²) in [5.74, 6) is -0.465. The molecular weight excluding hydrogens is 336 g/mol. The Hall–Kier alpha value is -2.67. The van der Waals surface area contributed by atoms with Crippen LogP contribution in [0.4, 0.5) is 5.69 Å². The van der Waals surface area contributed by atoms with Crippen molar-refractivity contribution in [2.75, 3.05) is 11.9 Å². The van der Waals surface area contributed by atoms with E-state index in [1.54, 1.807) is 0 Å². The Bertz CT molecular complexity index is 890. The molecule has 25 heavy (non-hydrogen) atoms. The number of hydrogen-bond donors (Lipinski definition) is 2. The average molecular weight is 356 g/mol. The molecule has 0 radical (unpaired) electrons. The Morgan fingerprint density at radius 2 is 1.88 bits per heavy atom. The van der Waals surface area contributed by atoms with Crippen LogP contribution >= 0.6 is 11.3 Å². The first-order chi connectivity index (χ1) is 11.9. The molecule has 0 aliphatic carbocycles. The zero-order valence-corrected chi connectivity index (χ0v) is 15.2. The standard InChI is InChI=1S/C18H20N4O2S/c1-11-6-12(2)17(13(3)7-11)21-16(24)9-19-15(23)8-14-10-22-4-5-25-18(22)20-14/h4-7,10H,8-9H2,1-3H3,(H,19,23)(H,21,24). The predicted molar refractivity (Wildman–Crippen MR) is 99.1 cm³/mol. The molecular formula is C18H20N4O2S. The first-order valence-electron chi connectivity index (χ1n) is 7.98. The number of nitrogens with zero attached hydrogens (tertiary/aromatic N) is 2. The molecule has 0 spiro atoms. The van der Waals surface area contributed by atoms with Gasteiger partial charge in [0.15, 0.2) is 4.96 Å². The van der Waals surface area contributed by atoms with Crippen molar-refractivity contribution in [3.63, 3.8) is 0 Å². The van der Waals surface area contributed by atoms with Gasteiger partial charge < -0.3 is 10.6 Å². The Labute approximate surface area is 149 Å². The number of rotatable bonds is 5. The minimum atomic E-state index is -0.241. The molecule has 1 aromatic carbocycles. The molecule has 2 N–H and O–H groups in total. The molecule has 0 aliphatic rings. The van der Waals surface area contributed by atoms with E-state index in [2.05, 4.69) is 15.6 Å². The number of amides is 2. The van der Waals surface area contributed by atoms with Crippen molar-refractivity contribution in [2.24, 2.45) is 0 Å². The van der Waals surface area contributed by atoms with Gasteiger partial charge in [0, 0.05) is 23.5 Å². The van der Waals surface area contributed by atoms with E-state index in [-0.39, 0.29) is 24.8 Å². The number of aryl methyl sites for hydroxylation is 3. The molecule has 3 rings (SSSR count). The maximum absolute atomic E-state index is 12.1. The van der Waals surface area contributed by atoms with Gasteiger partial charge in [0.1, 0.15) is 0 Å². The molecule has 7 heteroatoms. The SMILES string of the molecule is Cc1cc(C)c(NC(=O)CNC(=O)Cc2cn3ccsc3n2)c(C)c1. The van der Waals surface area contributed by atoms with E-state index in [4.69, 9.17) is 0 Å². The maximum Gasteiger partial charge on any atom is 0.243 e. The minimum Gasteiger partial charge on any atom is -0.347 e. The van der Waals surface area contributed by atoms with Gasteiger partial charge in [0.2, 0.25) is 11.8 Å². The summed E-state index contributed by atoms with van der Waals surface area (Å²) in [6, 6.07) is 4.04. The molecule has 0 fully saturated rings. The lowest BCUT2D eigenvalue weighted by Crippen LogP contribution is -2.34. The van der Waals surface area contributed by atoms with Gasteiger partial charge in [-0.05, 0) is 31.9 Å². The van der Waals surface area contributed by atoms with Crippen molar-refractivity contribution >= 4 is 33.8 Å². The molecule has 0 saturated heterocycles. The van der Waals surface area contributed by atoms with Crippen LogP contribution in [0.1, 0.15) is 22.4 Å². The van der Waals surface area contributed by atoms with Gasteiger partial charge >= 0.3 is 0 Å². The van der Waals surface area contributed by atoms with Gasteiger partial charge in [-0.1, -0.05) is 17.7 Å². The molecule has 3 aromatic rings. The van der Waals surface area contributed by atoms with Crippen molar-refractivity contribution in [3.05, 3.63) is 52.3 Å². The third-order valence-electron chi connectivity index (χ3n) is 3.87. The molecule has 2 aromatic heterocycles. The number of aromatic nitrogens is 2. The number of fused-ring (bicyclic) bond motifs is 1. The quantitative estimate of drug-likeness (QED) is 0.738. The molecule has 0 atom stereocenters. The fourth-order valence-electron chi connectivity index (χ4n) is 2.83. The van der Waals surface area contributed by atoms with Gasteiger partial charge in [0.05, 0.1) is 18.7 Å². The Kier molecular flexibility index (Phi) is 4.85. The van der Waals surface area contributed by atoms with Crippen molar-refractivity contribution in [1.29, 1.82) is 0 Å². The van der Waals surface area contributed by atoms with E-state index in [0.29, 0.717) is 5.69 Å². The third-order valence-corrected chi connectivity index (χ3v) is 4.64. The van der Waals surface area contributed by atoms with E-state index in [0.717, 1.165) is 27.3 Å². The smallest absolute Gasteiger partial charge is 0.243 e. The Morgan fingerprint density at radius 1 is 1.16 bits per heavy atom. The van der Waals surface area contributed by atoms with Gasteiger partial charge in [0.25, 0.3) is 0 Å². The summed E-state index contributed by atoms with van der Waals surface area (Å²) in [5, 5.41) is 7.45. The first kappa shape index (κ1) is 17.2. The molecule has 2 amide bonds. The zero-order chi connectivity index (χ0) is 18.0. The number of nitrogens with one attached hydrogen (secondary N) is 2. The van der Waals surface area contributed by atoms with Gasteiger partial charge in [-0.25, -0.2) is 4.98 Å². The second-order valence-corrected chi connectivity index (χ2v) is 6.97. The summed E-state index contributed by atoms with van der Waals surface area (Å²) in [6.07, 6.45) is 3.88. The highest BCUT2D eigenvalue weighted by Crippen LogP contribution is 2.21. The Balaban J connectivity index is 1.53. The van der Waals surface area contributed by atoms with Gasteiger partial charge in [-0.3, -0.25) is 14.0 Å². The molecule has 0 unspecified atom stereocenters. The lowest BCUT2D eigenvalue weighted by Gasteiger charge is -2.13. The van der Waals surface area contributed by atoms with Gasteiger partial charge in [-0.15, -0.1) is 11.3 Å². The summed E-state index contributed by atoms with van der Waals surface area (Å²) in [4.78, 5) is 29.3. The van der Waals surface area contributed by atoms with Gasteiger partial charge in [-0.2, -0.15) is 0 Å². The van der Waals surface area contributed by atoms with Crippen LogP contribution < -0.4 is 10.6 Å². The lowest BCUT2D eigenvalue weighted by molar-refractivity contribution is -0.123. The van der Waals surface area contributed by atoms with Crippen LogP contribution in [-0.4, -0.2) is 27.7 Å². The molecule has 130 valence electrons. The van der Waals surface area contributed by atoms with E-state index in [1.807, 2.05) is 55.1 Å². The zero-order valence-electron chi connectivity index (χ0n) is 14.4. The van der Waals surface area contributed by atoms with Crippen LogP contribution in [0.3, 0.4) is 0 Å². The van der Waals surface area contributed by atoms with E-state index < -0.39 is 0 Å². The lowest BCUT2D eigenvalue weighted by atomic mass is 10.1. The summed E-state index contributed by atoms with van der Waals surface area (Å²) in [6.45, 7) is 5.87. The molecule has 0 aliphatic heterocycles. The van der Waals surface area contributed by atoms with Crippen LogP contribution in [0.15, 0.2) is 29.9 Å². The highest BCUT2D eigenvalue weighted by molar-refractivity contribution is 7.15. The number of imidazole rings is 1. The number of anilines is 1. The Morgan fingerprint density at radius 3 is 2.56 bits per heavy atom. The number of carbonyl (C=O) groups excluding carboxylic acids is 2. The number of hydrogen-bond acceptors (Lipinski definition) is 4. The third kappa shape index (κ3) is 4.06. The first-order valence-corrected chi connectivity index (χ1v) is 8.86. The van der Waals surface area contributed by atoms with Crippen LogP contribution in [0.2, 0.25) is 0 Å². The van der Waals surface area contributed by atoms with E-state index in [9.17, 15) is 9.59 Å². The highest BCUT2D eigenvalue weighted by Gasteiger charge is 2.12. The predicted octanol–water partition coefficient (Wildman–Crippen LogP) is 2.62. The normalized spacial score (nSPS) is 10.8. The largest absolute Gasteiger partial charge is 0.347 e. The number of thiazole rings is 1. The molecule has 6 nitrogen and oxygen atoms in total. The van der Waals surface area contributed by atoms with Crippen molar-refractivity contribution < 1.29 is 9.59 Å². The van der Waals surface area contributed by atoms with Crippen LogP contribution in [-0.2, 0) is 16.0 Å². The highest BCUT2D eigenvalue weighted by atomic mass is 32.1. The minimum absolute atomic E-state index is 0.0617. The molecule has 0 saturated carbocycles. The summed E-state index contributed by atoms with van der Waals surface area (Å²) in [5.41, 5.74) is 4.67. The fraction of sp³-hybridized carbons (Fsp3) is 0.278. The number of benzene rings is 1. The van der Waals surface area contributed by atoms with Crippen LogP contribution in [0, 0.1) is 20.8 Å². The maximum atomic E-state index is 12.1. The number of carbonyl (C=O) groups is 2. The topological polar surface area (TPSA) is 75.5 Å². The van der Waals surface area contributed by atoms with Crippen molar-refractivity contribution in [3.8, 4) is 0 Å². The fourth-order valence-corrected chi connectivity index (χ4v) is 3.55. The molecule has 0 bridgehead atoms. The van der Waals surface area contributed by atoms with E-state index in [1.165, 1.54) is 11.3 Å². The summed E-state index contributed by atoms with van der Waals surface area (Å²) in [7, 11) is 0. The van der Waals surface area contributed by atoms with Crippen LogP contribution in [0.5, 0.6) is 0 Å². The van der Waals surface area contributed by atoms with Crippen molar-refractivity contribution in [2.45, 2.75) is 27.2 Å². The summed E-state index contributed by atoms with van der Waals surface area (Å²) < 4.78 is 1.88. The van der Waals surface area contributed by atoms with Crippen LogP contribution in [0.25, 0.3) is 4.96 Å². The second kappa shape index (κ2) is 7.06. The average Bonchev–Trinajstić information content (AvgIpc) is 3.10.